The second-order valence-corrected chi connectivity index (χ2v) is 8.66. The molecule has 2 saturated carbocycles. The lowest BCUT2D eigenvalue weighted by molar-refractivity contribution is -0.0112. The van der Waals surface area contributed by atoms with Gasteiger partial charge < -0.3 is 9.88 Å². The molecule has 0 aliphatic heterocycles. The number of fused-ring (bicyclic) bond motifs is 1. The zero-order valence-electron chi connectivity index (χ0n) is 14.9. The zero-order valence-corrected chi connectivity index (χ0v) is 15.7. The maximum Gasteiger partial charge on any atom is 0.142 e. The molecule has 0 amide bonds. The molecular formula is C20H23N5S. The third-order valence-corrected chi connectivity index (χ3v) is 6.96. The fraction of sp³-hybridized carbons (Fsp3) is 0.400. The van der Waals surface area contributed by atoms with Gasteiger partial charge in [-0.25, -0.2) is 9.97 Å². The van der Waals surface area contributed by atoms with Crippen molar-refractivity contribution in [2.45, 2.75) is 42.7 Å². The molecule has 26 heavy (non-hydrogen) atoms. The molecule has 6 heteroatoms. The lowest BCUT2D eigenvalue weighted by Gasteiger charge is -2.59. The highest BCUT2D eigenvalue weighted by Gasteiger charge is 2.54. The van der Waals surface area contributed by atoms with Crippen molar-refractivity contribution in [3.63, 3.8) is 0 Å². The molecule has 2 aliphatic rings. The minimum atomic E-state index is 0.554. The number of anilines is 1. The summed E-state index contributed by atoms with van der Waals surface area (Å²) in [4.78, 5) is 15.6. The zero-order chi connectivity index (χ0) is 17.6. The van der Waals surface area contributed by atoms with Gasteiger partial charge >= 0.3 is 0 Å². The minimum absolute atomic E-state index is 0.554. The van der Waals surface area contributed by atoms with Gasteiger partial charge in [0.05, 0.1) is 5.39 Å². The third-order valence-electron chi connectivity index (χ3n) is 6.00. The molecule has 0 radical (unpaired) electrons. The summed E-state index contributed by atoms with van der Waals surface area (Å²) in [6, 6.07) is 13.9. The summed E-state index contributed by atoms with van der Waals surface area (Å²) >= 11 is 1.77. The van der Waals surface area contributed by atoms with Crippen LogP contribution in [-0.4, -0.2) is 34.1 Å². The molecule has 0 atom stereocenters. The second kappa shape index (κ2) is 6.28. The number of hydrogen-bond donors (Lipinski definition) is 2. The van der Waals surface area contributed by atoms with Crippen molar-refractivity contribution < 1.29 is 0 Å². The molecular weight excluding hydrogens is 342 g/mol. The van der Waals surface area contributed by atoms with E-state index in [0.717, 1.165) is 16.9 Å². The molecule has 5 nitrogen and oxygen atoms in total. The molecule has 0 bridgehead atoms. The van der Waals surface area contributed by atoms with Crippen LogP contribution in [0.15, 0.2) is 53.8 Å². The summed E-state index contributed by atoms with van der Waals surface area (Å²) in [6.45, 7) is 0. The fourth-order valence-corrected chi connectivity index (χ4v) is 5.33. The van der Waals surface area contributed by atoms with E-state index in [4.69, 9.17) is 0 Å². The maximum absolute atomic E-state index is 4.53. The van der Waals surface area contributed by atoms with Crippen molar-refractivity contribution in [3.8, 4) is 0 Å². The summed E-state index contributed by atoms with van der Waals surface area (Å²) < 4.78 is 3.63. The normalized spacial score (nSPS) is 27.3. The Kier molecular flexibility index (Phi) is 3.90. The van der Waals surface area contributed by atoms with Gasteiger partial charge in [-0.1, -0.05) is 18.2 Å². The number of nitrogens with one attached hydrogen (secondary N) is 2. The number of hydrogen-bond acceptors (Lipinski definition) is 5. The Labute approximate surface area is 157 Å². The van der Waals surface area contributed by atoms with Crippen molar-refractivity contribution in [2.75, 3.05) is 11.9 Å². The van der Waals surface area contributed by atoms with E-state index in [0.29, 0.717) is 17.5 Å². The van der Waals surface area contributed by atoms with E-state index >= 15 is 0 Å². The Hall–Kier alpha value is -2.05. The Bertz CT molecular complexity index is 895. The van der Waals surface area contributed by atoms with Gasteiger partial charge in [0.1, 0.15) is 17.8 Å². The monoisotopic (exact) mass is 365 g/mol. The van der Waals surface area contributed by atoms with Crippen LogP contribution < -0.4 is 9.62 Å². The third kappa shape index (κ3) is 2.77. The highest BCUT2D eigenvalue weighted by Crippen LogP contribution is 2.57. The predicted molar refractivity (Wildman–Crippen MR) is 106 cm³/mol. The average molecular weight is 366 g/mol. The van der Waals surface area contributed by atoms with Crippen molar-refractivity contribution >= 4 is 28.8 Å². The molecule has 2 heterocycles. The molecule has 2 N–H and O–H groups in total. The van der Waals surface area contributed by atoms with Crippen LogP contribution in [0.3, 0.4) is 0 Å². The van der Waals surface area contributed by atoms with Crippen molar-refractivity contribution in [1.82, 2.24) is 19.7 Å². The number of benzene rings is 1. The first-order valence-corrected chi connectivity index (χ1v) is 10.0. The first kappa shape index (κ1) is 16.1. The first-order chi connectivity index (χ1) is 12.7. The Morgan fingerprint density at radius 1 is 1.12 bits per heavy atom. The number of H-pyrrole nitrogens is 1. The van der Waals surface area contributed by atoms with Gasteiger partial charge in [-0.05, 0) is 61.2 Å². The Balaban J connectivity index is 1.15. The molecule has 1 spiro atoms. The highest BCUT2D eigenvalue weighted by atomic mass is 32.2. The number of aromatic amines is 1. The molecule has 1 aromatic carbocycles. The van der Waals surface area contributed by atoms with E-state index < -0.39 is 0 Å². The van der Waals surface area contributed by atoms with Crippen LogP contribution in [0.1, 0.15) is 25.7 Å². The van der Waals surface area contributed by atoms with Gasteiger partial charge in [0.25, 0.3) is 0 Å². The molecule has 5 rings (SSSR count). The van der Waals surface area contributed by atoms with E-state index in [1.807, 2.05) is 6.20 Å². The largest absolute Gasteiger partial charge is 0.356 e. The summed E-state index contributed by atoms with van der Waals surface area (Å²) in [5, 5.41) is 1.11. The lowest BCUT2D eigenvalue weighted by atomic mass is 9.52. The van der Waals surface area contributed by atoms with Crippen LogP contribution >= 0.6 is 11.9 Å². The minimum Gasteiger partial charge on any atom is -0.356 e. The molecule has 2 aromatic heterocycles. The van der Waals surface area contributed by atoms with E-state index in [-0.39, 0.29) is 0 Å². The molecule has 0 unspecified atom stereocenters. The molecule has 2 aliphatic carbocycles. The standard InChI is InChI=1S/C20H23N5S/c1-25(19-17-7-8-21-18(17)22-13-23-19)15-11-20(12-15)9-14(10-20)24-26-16-5-3-2-4-6-16/h2-8,13-15,24H,9-12H2,1H3,(H,21,22,23). The summed E-state index contributed by atoms with van der Waals surface area (Å²) in [7, 11) is 2.17. The quantitative estimate of drug-likeness (QED) is 0.669. The number of aromatic nitrogens is 3. The molecule has 0 saturated heterocycles. The van der Waals surface area contributed by atoms with Gasteiger partial charge in [0.15, 0.2) is 0 Å². The van der Waals surface area contributed by atoms with Gasteiger partial charge in [0.2, 0.25) is 0 Å². The van der Waals surface area contributed by atoms with Gasteiger partial charge in [-0.15, -0.1) is 0 Å². The first-order valence-electron chi connectivity index (χ1n) is 9.21. The van der Waals surface area contributed by atoms with Crippen LogP contribution in [0.4, 0.5) is 5.82 Å². The van der Waals surface area contributed by atoms with Gasteiger partial charge in [-0.3, -0.25) is 4.72 Å². The Morgan fingerprint density at radius 2 is 1.92 bits per heavy atom. The van der Waals surface area contributed by atoms with Crippen molar-refractivity contribution in [3.05, 3.63) is 48.9 Å². The SMILES string of the molecule is CN(c1ncnc2[nH]ccc12)C1CC2(CC(NSc3ccccc3)C2)C1. The van der Waals surface area contributed by atoms with Crippen LogP contribution in [0.5, 0.6) is 0 Å². The van der Waals surface area contributed by atoms with E-state index in [1.54, 1.807) is 18.3 Å². The Morgan fingerprint density at radius 3 is 2.73 bits per heavy atom. The summed E-state index contributed by atoms with van der Waals surface area (Å²) in [5.41, 5.74) is 1.47. The number of nitrogens with zero attached hydrogens (tertiary/aromatic N) is 3. The molecule has 3 aromatic rings. The van der Waals surface area contributed by atoms with Crippen LogP contribution in [0.2, 0.25) is 0 Å². The van der Waals surface area contributed by atoms with E-state index in [1.165, 1.54) is 30.6 Å². The van der Waals surface area contributed by atoms with Crippen LogP contribution in [0.25, 0.3) is 11.0 Å². The summed E-state index contributed by atoms with van der Waals surface area (Å²) in [5.74, 6) is 1.05. The molecule has 134 valence electrons. The van der Waals surface area contributed by atoms with Crippen molar-refractivity contribution in [2.24, 2.45) is 5.41 Å². The number of rotatable bonds is 5. The van der Waals surface area contributed by atoms with Crippen molar-refractivity contribution in [1.29, 1.82) is 0 Å². The van der Waals surface area contributed by atoms with E-state index in [9.17, 15) is 0 Å². The second-order valence-electron chi connectivity index (χ2n) is 7.75. The smallest absolute Gasteiger partial charge is 0.142 e. The lowest BCUT2D eigenvalue weighted by Crippen LogP contribution is -2.59. The predicted octanol–water partition coefficient (Wildman–Crippen LogP) is 4.00. The summed E-state index contributed by atoms with van der Waals surface area (Å²) in [6.07, 6.45) is 8.72. The average Bonchev–Trinajstić information content (AvgIpc) is 3.08. The highest BCUT2D eigenvalue weighted by molar-refractivity contribution is 7.97. The topological polar surface area (TPSA) is 56.8 Å². The van der Waals surface area contributed by atoms with Gasteiger partial charge in [-0.2, -0.15) is 0 Å². The van der Waals surface area contributed by atoms with Crippen LogP contribution in [0, 0.1) is 5.41 Å². The maximum atomic E-state index is 4.53. The molecule has 2 fully saturated rings. The fourth-order valence-electron chi connectivity index (χ4n) is 4.57. The van der Waals surface area contributed by atoms with Crippen LogP contribution in [-0.2, 0) is 0 Å². The van der Waals surface area contributed by atoms with E-state index in [2.05, 4.69) is 68.0 Å². The van der Waals surface area contributed by atoms with Gasteiger partial charge in [0, 0.05) is 30.2 Å².